The highest BCUT2D eigenvalue weighted by Gasteiger charge is 2.13. The van der Waals surface area contributed by atoms with Gasteiger partial charge in [0.15, 0.2) is 0 Å². The molecule has 0 unspecified atom stereocenters. The lowest BCUT2D eigenvalue weighted by Gasteiger charge is -2.05. The summed E-state index contributed by atoms with van der Waals surface area (Å²) in [5.41, 5.74) is 0.104. The van der Waals surface area contributed by atoms with Gasteiger partial charge >= 0.3 is 0 Å². The highest BCUT2D eigenvalue weighted by Crippen LogP contribution is 2.23. The maximum Gasteiger partial charge on any atom is 0.240 e. The molecule has 14 heavy (non-hydrogen) atoms. The van der Waals surface area contributed by atoms with Gasteiger partial charge in [0, 0.05) is 5.02 Å². The second kappa shape index (κ2) is 3.95. The summed E-state index contributed by atoms with van der Waals surface area (Å²) >= 11 is 5.59. The second-order valence-corrected chi connectivity index (χ2v) is 4.41. The molecule has 1 rings (SSSR count). The molecule has 0 heterocycles. The Morgan fingerprint density at radius 3 is 2.57 bits per heavy atom. The molecule has 0 aliphatic carbocycles. The lowest BCUT2D eigenvalue weighted by molar-refractivity contribution is -0.105. The fraction of sp³-hybridized carbons (Fsp3) is 0. The molecule has 7 heteroatoms. The van der Waals surface area contributed by atoms with E-state index in [1.54, 1.807) is 0 Å². The van der Waals surface area contributed by atoms with Crippen LogP contribution in [0.2, 0.25) is 5.02 Å². The number of amides is 1. The standard InChI is InChI=1S/C7H7ClN2O3S/c8-5-1-2-6(10-4-11)7(3-5)14(9,12)13/h1-4H,(H,10,11)(H2,9,12,13). The van der Waals surface area contributed by atoms with Gasteiger partial charge in [0.1, 0.15) is 4.90 Å². The highest BCUT2D eigenvalue weighted by atomic mass is 35.5. The third-order valence-corrected chi connectivity index (χ3v) is 2.65. The van der Waals surface area contributed by atoms with Crippen LogP contribution in [0.4, 0.5) is 5.69 Å². The first-order valence-corrected chi connectivity index (χ1v) is 5.40. The number of anilines is 1. The molecule has 1 aromatic rings. The topological polar surface area (TPSA) is 89.3 Å². The number of primary sulfonamides is 1. The third kappa shape index (κ3) is 2.44. The Labute approximate surface area is 85.9 Å². The van der Waals surface area contributed by atoms with Crippen molar-refractivity contribution in [3.63, 3.8) is 0 Å². The Morgan fingerprint density at radius 1 is 1.43 bits per heavy atom. The van der Waals surface area contributed by atoms with Gasteiger partial charge in [-0.3, -0.25) is 4.79 Å². The molecule has 0 saturated heterocycles. The molecular weight excluding hydrogens is 228 g/mol. The summed E-state index contributed by atoms with van der Waals surface area (Å²) < 4.78 is 22.1. The number of benzene rings is 1. The second-order valence-electron chi connectivity index (χ2n) is 2.45. The van der Waals surface area contributed by atoms with E-state index < -0.39 is 10.0 Å². The van der Waals surface area contributed by atoms with Crippen molar-refractivity contribution in [3.05, 3.63) is 23.2 Å². The molecule has 5 nitrogen and oxygen atoms in total. The Kier molecular flexibility index (Phi) is 3.10. The van der Waals surface area contributed by atoms with E-state index >= 15 is 0 Å². The lowest BCUT2D eigenvalue weighted by atomic mass is 10.3. The first-order chi connectivity index (χ1) is 6.45. The zero-order chi connectivity index (χ0) is 10.8. The predicted octanol–water partition coefficient (Wildman–Crippen LogP) is 0.556. The third-order valence-electron chi connectivity index (χ3n) is 1.46. The van der Waals surface area contributed by atoms with Crippen molar-refractivity contribution in [2.24, 2.45) is 5.14 Å². The molecule has 0 bridgehead atoms. The van der Waals surface area contributed by atoms with Crippen LogP contribution in [-0.4, -0.2) is 14.8 Å². The lowest BCUT2D eigenvalue weighted by Crippen LogP contribution is -2.14. The summed E-state index contributed by atoms with van der Waals surface area (Å²) in [6.07, 6.45) is 0.359. The summed E-state index contributed by atoms with van der Waals surface area (Å²) in [5, 5.41) is 7.35. The summed E-state index contributed by atoms with van der Waals surface area (Å²) in [6.45, 7) is 0. The molecule has 0 fully saturated rings. The van der Waals surface area contributed by atoms with Gasteiger partial charge in [-0.05, 0) is 18.2 Å². The molecule has 76 valence electrons. The van der Waals surface area contributed by atoms with E-state index in [4.69, 9.17) is 16.7 Å². The minimum absolute atomic E-state index is 0.104. The number of carbonyl (C=O) groups is 1. The van der Waals surface area contributed by atoms with Gasteiger partial charge in [-0.25, -0.2) is 13.6 Å². The van der Waals surface area contributed by atoms with Crippen LogP contribution in [0.5, 0.6) is 0 Å². The van der Waals surface area contributed by atoms with Gasteiger partial charge in [-0.15, -0.1) is 0 Å². The number of hydrogen-bond donors (Lipinski definition) is 2. The van der Waals surface area contributed by atoms with Crippen LogP contribution in [0.25, 0.3) is 0 Å². The Hall–Kier alpha value is -1.11. The van der Waals surface area contributed by atoms with Crippen LogP contribution in [0.1, 0.15) is 0 Å². The van der Waals surface area contributed by atoms with E-state index in [2.05, 4.69) is 5.32 Å². The number of sulfonamides is 1. The molecule has 0 spiro atoms. The SMILES string of the molecule is NS(=O)(=O)c1cc(Cl)ccc1NC=O. The number of halogens is 1. The first kappa shape index (κ1) is 11.0. The molecule has 3 N–H and O–H groups in total. The minimum Gasteiger partial charge on any atom is -0.328 e. The van der Waals surface area contributed by atoms with Crippen LogP contribution in [0.3, 0.4) is 0 Å². The normalized spacial score (nSPS) is 11.0. The van der Waals surface area contributed by atoms with Gasteiger partial charge in [-0.2, -0.15) is 0 Å². The number of carbonyl (C=O) groups excluding carboxylic acids is 1. The molecule has 0 aliphatic heterocycles. The Morgan fingerprint density at radius 2 is 2.07 bits per heavy atom. The van der Waals surface area contributed by atoms with Gasteiger partial charge in [-0.1, -0.05) is 11.6 Å². The van der Waals surface area contributed by atoms with Crippen LogP contribution < -0.4 is 10.5 Å². The largest absolute Gasteiger partial charge is 0.328 e. The Balaban J connectivity index is 3.37. The average molecular weight is 235 g/mol. The van der Waals surface area contributed by atoms with E-state index in [9.17, 15) is 13.2 Å². The number of nitrogens with one attached hydrogen (secondary N) is 1. The molecule has 1 aromatic carbocycles. The zero-order valence-corrected chi connectivity index (χ0v) is 8.47. The van der Waals surface area contributed by atoms with Gasteiger partial charge in [0.25, 0.3) is 0 Å². The van der Waals surface area contributed by atoms with Crippen LogP contribution in [0, 0.1) is 0 Å². The molecule has 0 saturated carbocycles. The molecule has 0 atom stereocenters. The van der Waals surface area contributed by atoms with Gasteiger partial charge in [0.2, 0.25) is 16.4 Å². The van der Waals surface area contributed by atoms with Gasteiger partial charge in [0.05, 0.1) is 5.69 Å². The summed E-state index contributed by atoms with van der Waals surface area (Å²) in [5.74, 6) is 0. The molecule has 0 radical (unpaired) electrons. The first-order valence-electron chi connectivity index (χ1n) is 3.47. The number of hydrogen-bond acceptors (Lipinski definition) is 3. The number of nitrogens with two attached hydrogens (primary N) is 1. The highest BCUT2D eigenvalue weighted by molar-refractivity contribution is 7.89. The van der Waals surface area contributed by atoms with Crippen LogP contribution in [0.15, 0.2) is 23.1 Å². The summed E-state index contributed by atoms with van der Waals surface area (Å²) in [4.78, 5) is 9.95. The minimum atomic E-state index is -3.88. The maximum atomic E-state index is 11.0. The van der Waals surface area contributed by atoms with Crippen LogP contribution >= 0.6 is 11.6 Å². The van der Waals surface area contributed by atoms with Crippen molar-refractivity contribution >= 4 is 33.7 Å². The van der Waals surface area contributed by atoms with Crippen molar-refractivity contribution in [1.29, 1.82) is 0 Å². The van der Waals surface area contributed by atoms with E-state index in [-0.39, 0.29) is 15.6 Å². The molecule has 0 aromatic heterocycles. The summed E-state index contributed by atoms with van der Waals surface area (Å²) in [6, 6.07) is 3.97. The fourth-order valence-corrected chi connectivity index (χ4v) is 1.88. The molecular formula is C7H7ClN2O3S. The smallest absolute Gasteiger partial charge is 0.240 e. The maximum absolute atomic E-state index is 11.0. The zero-order valence-electron chi connectivity index (χ0n) is 6.90. The van der Waals surface area contributed by atoms with Crippen LogP contribution in [-0.2, 0) is 14.8 Å². The van der Waals surface area contributed by atoms with E-state index in [1.807, 2.05) is 0 Å². The van der Waals surface area contributed by atoms with Gasteiger partial charge < -0.3 is 5.32 Å². The van der Waals surface area contributed by atoms with Crippen molar-refractivity contribution in [2.45, 2.75) is 4.90 Å². The van der Waals surface area contributed by atoms with E-state index in [0.717, 1.165) is 0 Å². The van der Waals surface area contributed by atoms with E-state index in [1.165, 1.54) is 18.2 Å². The number of rotatable bonds is 3. The molecule has 0 aliphatic rings. The Bertz CT molecular complexity index is 458. The quantitative estimate of drug-likeness (QED) is 0.749. The monoisotopic (exact) mass is 234 g/mol. The van der Waals surface area contributed by atoms with E-state index in [0.29, 0.717) is 6.41 Å². The van der Waals surface area contributed by atoms with Crippen molar-refractivity contribution in [2.75, 3.05) is 5.32 Å². The predicted molar refractivity (Wildman–Crippen MR) is 52.5 cm³/mol. The average Bonchev–Trinajstić information content (AvgIpc) is 2.07. The fourth-order valence-electron chi connectivity index (χ4n) is 0.914. The van der Waals surface area contributed by atoms with Crippen molar-refractivity contribution in [3.8, 4) is 0 Å². The summed E-state index contributed by atoms with van der Waals surface area (Å²) in [7, 11) is -3.88. The molecule has 1 amide bonds. The van der Waals surface area contributed by atoms with Crippen molar-refractivity contribution in [1.82, 2.24) is 0 Å². The van der Waals surface area contributed by atoms with Crippen molar-refractivity contribution < 1.29 is 13.2 Å².